The van der Waals surface area contributed by atoms with Gasteiger partial charge in [-0.15, -0.1) is 0 Å². The Kier molecular flexibility index (Phi) is 5.43. The molecule has 0 radical (unpaired) electrons. The molecule has 0 unspecified atom stereocenters. The van der Waals surface area contributed by atoms with Crippen molar-refractivity contribution in [1.29, 1.82) is 0 Å². The van der Waals surface area contributed by atoms with Crippen molar-refractivity contribution in [3.63, 3.8) is 0 Å². The molecule has 5 rings (SSSR count). The van der Waals surface area contributed by atoms with Crippen molar-refractivity contribution in [3.8, 4) is 11.5 Å². The third kappa shape index (κ3) is 3.91. The van der Waals surface area contributed by atoms with Crippen molar-refractivity contribution in [2.24, 2.45) is 7.05 Å². The molecular formula is C24H18F3N7O2. The monoisotopic (exact) mass is 493 g/mol. The largest absolute Gasteiger partial charge is 0.434 e. The molecule has 0 saturated carbocycles. The highest BCUT2D eigenvalue weighted by Crippen LogP contribution is 2.35. The van der Waals surface area contributed by atoms with Gasteiger partial charge in [-0.05, 0) is 42.8 Å². The second-order valence-electron chi connectivity index (χ2n) is 8.04. The Bertz CT molecular complexity index is 1680. The highest BCUT2D eigenvalue weighted by atomic mass is 19.4. The standard InChI is InChI=1S/C24H18F3N7O2/c1-14-11-15(12-29-21(14)33-10-9-32(2)23(33)36)31-22(35)17-13-30-34(20(17)24(25,26)27)19-7-3-6-18-16(19)5-4-8-28-18/h3-13H,1-2H3,(H,31,35). The SMILES string of the molecule is Cc1cc(NC(=O)c2cnn(-c3cccc4ncccc34)c2C(F)(F)F)cnc1-n1ccn(C)c1=O. The van der Waals surface area contributed by atoms with E-state index in [-0.39, 0.29) is 17.1 Å². The summed E-state index contributed by atoms with van der Waals surface area (Å²) in [6, 6.07) is 9.48. The number of carbonyl (C=O) groups is 1. The number of carbonyl (C=O) groups excluding carboxylic acids is 1. The minimum atomic E-state index is -4.87. The lowest BCUT2D eigenvalue weighted by molar-refractivity contribution is -0.143. The van der Waals surface area contributed by atoms with Crippen LogP contribution in [0.25, 0.3) is 22.4 Å². The van der Waals surface area contributed by atoms with Gasteiger partial charge < -0.3 is 9.88 Å². The first kappa shape index (κ1) is 23.0. The predicted octanol–water partition coefficient (Wildman–Crippen LogP) is 3.88. The number of aromatic nitrogens is 6. The van der Waals surface area contributed by atoms with E-state index in [0.29, 0.717) is 27.0 Å². The van der Waals surface area contributed by atoms with Gasteiger partial charge in [0.25, 0.3) is 5.91 Å². The van der Waals surface area contributed by atoms with Gasteiger partial charge in [-0.2, -0.15) is 18.3 Å². The Morgan fingerprint density at radius 2 is 1.86 bits per heavy atom. The molecule has 1 N–H and O–H groups in total. The molecule has 36 heavy (non-hydrogen) atoms. The summed E-state index contributed by atoms with van der Waals surface area (Å²) in [5.74, 6) is -0.662. The number of hydrogen-bond donors (Lipinski definition) is 1. The first-order chi connectivity index (χ1) is 17.1. The third-order valence-electron chi connectivity index (χ3n) is 5.62. The van der Waals surface area contributed by atoms with E-state index in [1.54, 1.807) is 50.6 Å². The van der Waals surface area contributed by atoms with Crippen LogP contribution >= 0.6 is 0 Å². The number of rotatable bonds is 4. The Balaban J connectivity index is 1.52. The lowest BCUT2D eigenvalue weighted by Crippen LogP contribution is -2.22. The van der Waals surface area contributed by atoms with Gasteiger partial charge in [0.1, 0.15) is 5.82 Å². The summed E-state index contributed by atoms with van der Waals surface area (Å²) in [7, 11) is 1.59. The number of hydrogen-bond acceptors (Lipinski definition) is 5. The molecule has 0 aliphatic heterocycles. The minimum absolute atomic E-state index is 0.141. The zero-order valence-corrected chi connectivity index (χ0v) is 19.0. The summed E-state index contributed by atoms with van der Waals surface area (Å²) < 4.78 is 45.9. The molecule has 1 aromatic carbocycles. The van der Waals surface area contributed by atoms with Crippen LogP contribution in [0.2, 0.25) is 0 Å². The second kappa shape index (κ2) is 8.48. The molecule has 0 fully saturated rings. The van der Waals surface area contributed by atoms with Crippen molar-refractivity contribution >= 4 is 22.5 Å². The fourth-order valence-electron chi connectivity index (χ4n) is 3.95. The van der Waals surface area contributed by atoms with E-state index in [1.807, 2.05) is 0 Å². The molecule has 0 aliphatic rings. The summed E-state index contributed by atoms with van der Waals surface area (Å²) in [5, 5.41) is 6.80. The van der Waals surface area contributed by atoms with Gasteiger partial charge in [-0.3, -0.25) is 14.3 Å². The predicted molar refractivity (Wildman–Crippen MR) is 125 cm³/mol. The summed E-state index contributed by atoms with van der Waals surface area (Å²) >= 11 is 0. The first-order valence-electron chi connectivity index (χ1n) is 10.7. The maximum absolute atomic E-state index is 14.2. The summed E-state index contributed by atoms with van der Waals surface area (Å²) in [6.45, 7) is 1.67. The van der Waals surface area contributed by atoms with Gasteiger partial charge in [0.15, 0.2) is 5.69 Å². The van der Waals surface area contributed by atoms with Crippen molar-refractivity contribution in [1.82, 2.24) is 28.9 Å². The molecular weight excluding hydrogens is 475 g/mol. The van der Waals surface area contributed by atoms with Crippen LogP contribution in [0, 0.1) is 6.92 Å². The number of benzene rings is 1. The van der Waals surface area contributed by atoms with Crippen LogP contribution in [0.5, 0.6) is 0 Å². The number of halogens is 3. The highest BCUT2D eigenvalue weighted by molar-refractivity contribution is 6.05. The van der Waals surface area contributed by atoms with E-state index in [4.69, 9.17) is 0 Å². The molecule has 4 aromatic heterocycles. The van der Waals surface area contributed by atoms with Crippen LogP contribution in [-0.4, -0.2) is 34.8 Å². The lowest BCUT2D eigenvalue weighted by Gasteiger charge is -2.14. The average molecular weight is 493 g/mol. The first-order valence-corrected chi connectivity index (χ1v) is 10.7. The molecule has 0 aliphatic carbocycles. The number of nitrogens with one attached hydrogen (secondary N) is 1. The van der Waals surface area contributed by atoms with Crippen LogP contribution < -0.4 is 11.0 Å². The molecule has 9 nitrogen and oxygen atoms in total. The molecule has 4 heterocycles. The van der Waals surface area contributed by atoms with E-state index >= 15 is 0 Å². The quantitative estimate of drug-likeness (QED) is 0.410. The van der Waals surface area contributed by atoms with E-state index in [0.717, 1.165) is 6.20 Å². The molecule has 0 bridgehead atoms. The van der Waals surface area contributed by atoms with Crippen molar-refractivity contribution in [3.05, 3.63) is 94.7 Å². The number of imidazole rings is 1. The summed E-state index contributed by atoms with van der Waals surface area (Å²) in [5.41, 5.74) is -0.839. The van der Waals surface area contributed by atoms with Gasteiger partial charge >= 0.3 is 11.9 Å². The van der Waals surface area contributed by atoms with Crippen LogP contribution in [0.4, 0.5) is 18.9 Å². The van der Waals surface area contributed by atoms with E-state index < -0.39 is 23.3 Å². The lowest BCUT2D eigenvalue weighted by atomic mass is 10.1. The second-order valence-corrected chi connectivity index (χ2v) is 8.04. The highest BCUT2D eigenvalue weighted by Gasteiger charge is 2.41. The number of nitrogens with zero attached hydrogens (tertiary/aromatic N) is 6. The maximum atomic E-state index is 14.2. The van der Waals surface area contributed by atoms with E-state index in [2.05, 4.69) is 20.4 Å². The fourth-order valence-corrected chi connectivity index (χ4v) is 3.95. The van der Waals surface area contributed by atoms with Gasteiger partial charge in [0, 0.05) is 31.0 Å². The van der Waals surface area contributed by atoms with Crippen LogP contribution in [0.15, 0.2) is 72.2 Å². The number of anilines is 1. The van der Waals surface area contributed by atoms with Gasteiger partial charge in [-0.25, -0.2) is 14.5 Å². The van der Waals surface area contributed by atoms with E-state index in [9.17, 15) is 22.8 Å². The number of fused-ring (bicyclic) bond motifs is 1. The van der Waals surface area contributed by atoms with Gasteiger partial charge in [0.2, 0.25) is 0 Å². The molecule has 0 atom stereocenters. The third-order valence-corrected chi connectivity index (χ3v) is 5.62. The van der Waals surface area contributed by atoms with Crippen molar-refractivity contribution in [2.45, 2.75) is 13.1 Å². The Labute approximate surface area is 201 Å². The zero-order valence-electron chi connectivity index (χ0n) is 19.0. The van der Waals surface area contributed by atoms with E-state index in [1.165, 1.54) is 33.7 Å². The maximum Gasteiger partial charge on any atom is 0.434 e. The van der Waals surface area contributed by atoms with Crippen LogP contribution in [-0.2, 0) is 13.2 Å². The normalized spacial score (nSPS) is 11.7. The van der Waals surface area contributed by atoms with Crippen LogP contribution in [0.1, 0.15) is 21.6 Å². The number of alkyl halides is 3. The molecule has 12 heteroatoms. The smallest absolute Gasteiger partial charge is 0.320 e. The molecule has 5 aromatic rings. The zero-order chi connectivity index (χ0) is 25.6. The van der Waals surface area contributed by atoms with Gasteiger partial charge in [-0.1, -0.05) is 6.07 Å². The fraction of sp³-hybridized carbons (Fsp3) is 0.125. The Hall–Kier alpha value is -4.74. The summed E-state index contributed by atoms with van der Waals surface area (Å²) in [6.07, 6.45) is 1.93. The Morgan fingerprint density at radius 3 is 2.56 bits per heavy atom. The van der Waals surface area contributed by atoms with Gasteiger partial charge in [0.05, 0.1) is 34.8 Å². The number of pyridine rings is 2. The summed E-state index contributed by atoms with van der Waals surface area (Å²) in [4.78, 5) is 33.5. The molecule has 0 spiro atoms. The molecule has 1 amide bonds. The molecule has 0 saturated heterocycles. The number of amides is 1. The Morgan fingerprint density at radius 1 is 1.06 bits per heavy atom. The van der Waals surface area contributed by atoms with Crippen LogP contribution in [0.3, 0.4) is 0 Å². The van der Waals surface area contributed by atoms with Crippen molar-refractivity contribution < 1.29 is 18.0 Å². The van der Waals surface area contributed by atoms with Crippen molar-refractivity contribution in [2.75, 3.05) is 5.32 Å². The topological polar surface area (TPSA) is 99.6 Å². The minimum Gasteiger partial charge on any atom is -0.320 e. The molecule has 182 valence electrons. The average Bonchev–Trinajstić information content (AvgIpc) is 3.43. The number of aryl methyl sites for hydroxylation is 2.